The fraction of sp³-hybridized carbons (Fsp3) is 0.727. The number of nitrogens with one attached hydrogen (secondary N) is 1. The first-order chi connectivity index (χ1) is 17.9. The molecule has 4 aliphatic carbocycles. The third-order valence-corrected chi connectivity index (χ3v) is 10.1. The summed E-state index contributed by atoms with van der Waals surface area (Å²) in [6.45, 7) is 16.4. The van der Waals surface area contributed by atoms with E-state index in [-0.39, 0.29) is 10.8 Å². The van der Waals surface area contributed by atoms with Crippen LogP contribution in [0.3, 0.4) is 0 Å². The molecule has 1 N–H and O–H groups in total. The van der Waals surface area contributed by atoms with E-state index < -0.39 is 0 Å². The molecule has 0 unspecified atom stereocenters. The molecule has 1 aromatic rings. The number of anilines is 1. The van der Waals surface area contributed by atoms with Gasteiger partial charge in [-0.1, -0.05) is 41.5 Å². The third kappa shape index (κ3) is 4.73. The first-order valence-corrected chi connectivity index (χ1v) is 15.1. The van der Waals surface area contributed by atoms with Gasteiger partial charge in [0.1, 0.15) is 5.75 Å². The van der Waals surface area contributed by atoms with Crippen molar-refractivity contribution in [1.82, 2.24) is 4.90 Å². The van der Waals surface area contributed by atoms with Crippen LogP contribution < -0.4 is 14.6 Å². The van der Waals surface area contributed by atoms with E-state index in [1.165, 1.54) is 61.2 Å². The Labute approximate surface area is 230 Å². The van der Waals surface area contributed by atoms with Crippen LogP contribution in [0.15, 0.2) is 24.5 Å². The third-order valence-electron chi connectivity index (χ3n) is 10.1. The van der Waals surface area contributed by atoms with Gasteiger partial charge < -0.3 is 19.3 Å². The van der Waals surface area contributed by atoms with Crippen LogP contribution in [-0.4, -0.2) is 43.8 Å². The molecule has 1 atom stereocenters. The molecule has 1 aromatic carbocycles. The van der Waals surface area contributed by atoms with Gasteiger partial charge >= 0.3 is 5.90 Å². The summed E-state index contributed by atoms with van der Waals surface area (Å²) in [4.78, 5) is 8.72. The maximum atomic E-state index is 6.41. The maximum absolute atomic E-state index is 6.41. The molecule has 4 bridgehead atoms. The Morgan fingerprint density at radius 3 is 2.03 bits per heavy atom. The molecule has 7 rings (SSSR count). The minimum Gasteiger partial charge on any atom is -0.496 e. The summed E-state index contributed by atoms with van der Waals surface area (Å²) in [7, 11) is 1.81. The van der Waals surface area contributed by atoms with Gasteiger partial charge in [-0.25, -0.2) is 4.99 Å². The van der Waals surface area contributed by atoms with Crippen LogP contribution in [0, 0.1) is 23.2 Å². The Kier molecular flexibility index (Phi) is 6.31. The molecule has 208 valence electrons. The Morgan fingerprint density at radius 1 is 0.921 bits per heavy atom. The highest BCUT2D eigenvalue weighted by molar-refractivity contribution is 5.78. The second-order valence-electron chi connectivity index (χ2n) is 15.3. The SMILES string of the molecule is COc1c(C(C)(C)C)cc(N2C=CN(CC[C@H]3COC(C45CC6CC(CC(C6)C4)C5)=[NH+]3)C2)cc1C(C)(C)C. The largest absolute Gasteiger partial charge is 0.496 e. The van der Waals surface area contributed by atoms with Crippen molar-refractivity contribution in [2.24, 2.45) is 23.2 Å². The number of hydrogen-bond donors (Lipinski definition) is 1. The number of rotatable bonds is 6. The topological polar surface area (TPSA) is 38.9 Å². The van der Waals surface area contributed by atoms with Gasteiger partial charge in [0, 0.05) is 42.2 Å². The van der Waals surface area contributed by atoms with Crippen LogP contribution in [0.4, 0.5) is 5.69 Å². The van der Waals surface area contributed by atoms with Gasteiger partial charge in [-0.15, -0.1) is 0 Å². The molecule has 0 radical (unpaired) electrons. The Bertz CT molecular complexity index is 1050. The van der Waals surface area contributed by atoms with E-state index in [4.69, 9.17) is 9.47 Å². The maximum Gasteiger partial charge on any atom is 0.341 e. The lowest BCUT2D eigenvalue weighted by Crippen LogP contribution is -2.80. The van der Waals surface area contributed by atoms with E-state index >= 15 is 0 Å². The predicted octanol–water partition coefficient (Wildman–Crippen LogP) is 5.33. The smallest absolute Gasteiger partial charge is 0.341 e. The number of nitrogens with zero attached hydrogens (tertiary/aromatic N) is 2. The molecular formula is C33H50N3O2+. The van der Waals surface area contributed by atoms with Gasteiger partial charge in [-0.3, -0.25) is 0 Å². The fourth-order valence-corrected chi connectivity index (χ4v) is 8.52. The average molecular weight is 521 g/mol. The van der Waals surface area contributed by atoms with E-state index in [0.29, 0.717) is 11.5 Å². The first-order valence-electron chi connectivity index (χ1n) is 15.1. The molecule has 0 amide bonds. The van der Waals surface area contributed by atoms with Crippen molar-refractivity contribution in [1.29, 1.82) is 0 Å². The molecule has 4 saturated carbocycles. The van der Waals surface area contributed by atoms with Crippen molar-refractivity contribution in [3.8, 4) is 5.75 Å². The highest BCUT2D eigenvalue weighted by Gasteiger charge is 2.58. The van der Waals surface area contributed by atoms with Crippen LogP contribution in [0.25, 0.3) is 0 Å². The molecule has 5 heteroatoms. The minimum absolute atomic E-state index is 0.00350. The van der Waals surface area contributed by atoms with Gasteiger partial charge in [0.25, 0.3) is 0 Å². The van der Waals surface area contributed by atoms with E-state index in [1.54, 1.807) is 0 Å². The van der Waals surface area contributed by atoms with Crippen LogP contribution in [-0.2, 0) is 15.6 Å². The van der Waals surface area contributed by atoms with Crippen molar-refractivity contribution in [3.63, 3.8) is 0 Å². The van der Waals surface area contributed by atoms with Gasteiger partial charge in [0.2, 0.25) is 0 Å². The quantitative estimate of drug-likeness (QED) is 0.551. The predicted molar refractivity (Wildman–Crippen MR) is 155 cm³/mol. The van der Waals surface area contributed by atoms with Crippen molar-refractivity contribution < 1.29 is 14.5 Å². The molecule has 2 heterocycles. The average Bonchev–Trinajstić information content (AvgIpc) is 3.50. The monoisotopic (exact) mass is 520 g/mol. The standard InChI is InChI=1S/C33H49N3O2/c1-31(2,3)27-15-26(16-28(29(27)37-7)32(4,5)6)36-11-10-35(21-36)9-8-25-20-38-30(34-25)33-17-22-12-23(18-33)14-24(13-22)19-33/h10-11,15-16,22-25H,8-9,12-14,17-21H2,1-7H3/p+1/t22?,23?,24?,25-,33?/m0/s1. The van der Waals surface area contributed by atoms with Crippen LogP contribution in [0.2, 0.25) is 0 Å². The fourth-order valence-electron chi connectivity index (χ4n) is 8.52. The van der Waals surface area contributed by atoms with Gasteiger partial charge in [0.05, 0.1) is 19.2 Å². The lowest BCUT2D eigenvalue weighted by molar-refractivity contribution is -0.496. The molecule has 5 nitrogen and oxygen atoms in total. The molecule has 0 aromatic heterocycles. The molecule has 38 heavy (non-hydrogen) atoms. The molecule has 2 aliphatic heterocycles. The summed E-state index contributed by atoms with van der Waals surface area (Å²) in [5.41, 5.74) is 4.15. The highest BCUT2D eigenvalue weighted by Crippen LogP contribution is 2.60. The summed E-state index contributed by atoms with van der Waals surface area (Å²) < 4.78 is 12.4. The zero-order chi connectivity index (χ0) is 26.9. The molecule has 6 aliphatic rings. The minimum atomic E-state index is 0.00350. The van der Waals surface area contributed by atoms with Crippen molar-refractivity contribution in [3.05, 3.63) is 35.7 Å². The van der Waals surface area contributed by atoms with Crippen molar-refractivity contribution >= 4 is 11.6 Å². The van der Waals surface area contributed by atoms with E-state index in [1.807, 2.05) is 7.11 Å². The van der Waals surface area contributed by atoms with Crippen molar-refractivity contribution in [2.45, 2.75) is 103 Å². The van der Waals surface area contributed by atoms with Crippen LogP contribution in [0.5, 0.6) is 5.75 Å². The van der Waals surface area contributed by atoms with Gasteiger partial charge in [0.15, 0.2) is 12.6 Å². The zero-order valence-corrected chi connectivity index (χ0v) is 24.9. The summed E-state index contributed by atoms with van der Waals surface area (Å²) in [6, 6.07) is 5.10. The van der Waals surface area contributed by atoms with Crippen LogP contribution in [0.1, 0.15) is 97.6 Å². The lowest BCUT2D eigenvalue weighted by atomic mass is 9.49. The second kappa shape index (κ2) is 9.20. The zero-order valence-electron chi connectivity index (χ0n) is 24.9. The summed E-state index contributed by atoms with van der Waals surface area (Å²) in [5.74, 6) is 5.16. The van der Waals surface area contributed by atoms with Gasteiger partial charge in [-0.2, -0.15) is 0 Å². The summed E-state index contributed by atoms with van der Waals surface area (Å²) >= 11 is 0. The summed E-state index contributed by atoms with van der Waals surface area (Å²) in [5, 5.41) is 0. The molecule has 0 saturated heterocycles. The number of hydrogen-bond acceptors (Lipinski definition) is 4. The lowest BCUT2D eigenvalue weighted by Gasteiger charge is -2.54. The Balaban J connectivity index is 1.12. The van der Waals surface area contributed by atoms with Crippen molar-refractivity contribution in [2.75, 3.05) is 31.8 Å². The molecular weight excluding hydrogens is 470 g/mol. The van der Waals surface area contributed by atoms with E-state index in [2.05, 4.69) is 80.9 Å². The Hall–Kier alpha value is -2.17. The molecule has 0 spiro atoms. The van der Waals surface area contributed by atoms with E-state index in [9.17, 15) is 0 Å². The van der Waals surface area contributed by atoms with Crippen LogP contribution >= 0.6 is 0 Å². The normalized spacial score (nSPS) is 32.2. The summed E-state index contributed by atoms with van der Waals surface area (Å²) in [6.07, 6.45) is 14.2. The number of ether oxygens (including phenoxy) is 2. The Morgan fingerprint density at radius 2 is 1.50 bits per heavy atom. The highest BCUT2D eigenvalue weighted by atomic mass is 16.5. The molecule has 4 fully saturated rings. The van der Waals surface area contributed by atoms with E-state index in [0.717, 1.165) is 49.7 Å². The number of methoxy groups -OCH3 is 1. The first kappa shape index (κ1) is 26.1. The second-order valence-corrected chi connectivity index (χ2v) is 15.3. The van der Waals surface area contributed by atoms with Gasteiger partial charge in [-0.05, 0) is 79.2 Å². The number of benzene rings is 1.